The minimum absolute atomic E-state index is 0.553. The number of likely N-dealkylation sites (N-methyl/N-ethyl adjacent to an activating group) is 1. The molecular weight excluding hydrogens is 270 g/mol. The molecule has 1 atom stereocenters. The number of rotatable bonds is 4. The van der Waals surface area contributed by atoms with Crippen LogP contribution < -0.4 is 4.90 Å². The van der Waals surface area contributed by atoms with E-state index >= 15 is 0 Å². The summed E-state index contributed by atoms with van der Waals surface area (Å²) in [6.07, 6.45) is 7.63. The number of aromatic nitrogens is 3. The average molecular weight is 295 g/mol. The van der Waals surface area contributed by atoms with Crippen molar-refractivity contribution in [3.05, 3.63) is 4.77 Å². The Morgan fingerprint density at radius 2 is 2.00 bits per heavy atom. The molecule has 1 aliphatic heterocycles. The Labute approximate surface area is 126 Å². The zero-order chi connectivity index (χ0) is 14.1. The van der Waals surface area contributed by atoms with Gasteiger partial charge in [-0.2, -0.15) is 0 Å². The molecule has 2 fully saturated rings. The highest BCUT2D eigenvalue weighted by Crippen LogP contribution is 2.34. The Hall–Kier alpha value is -0.880. The standard InChI is InChI=1S/C14H25N5S/c1-17(2)10-12-8-5-9-18(12)13-15-16-14(20)19(13)11-6-3-4-7-11/h11-12H,3-10H2,1-2H3,(H,16,20). The molecule has 3 rings (SSSR count). The predicted molar refractivity (Wildman–Crippen MR) is 83.8 cm³/mol. The molecule has 0 amide bonds. The zero-order valence-electron chi connectivity index (χ0n) is 12.5. The summed E-state index contributed by atoms with van der Waals surface area (Å²) in [5, 5.41) is 7.58. The SMILES string of the molecule is CN(C)CC1CCCN1c1n[nH]c(=S)n1C1CCCC1. The topological polar surface area (TPSA) is 40.1 Å². The summed E-state index contributed by atoms with van der Waals surface area (Å²) in [5.41, 5.74) is 0. The Kier molecular flexibility index (Phi) is 4.12. The molecule has 1 saturated heterocycles. The largest absolute Gasteiger partial charge is 0.337 e. The lowest BCUT2D eigenvalue weighted by molar-refractivity contribution is 0.368. The summed E-state index contributed by atoms with van der Waals surface area (Å²) in [6, 6.07) is 1.12. The van der Waals surface area contributed by atoms with Gasteiger partial charge in [0.05, 0.1) is 0 Å². The van der Waals surface area contributed by atoms with E-state index < -0.39 is 0 Å². The Morgan fingerprint density at radius 1 is 1.25 bits per heavy atom. The normalized spacial score (nSPS) is 24.1. The number of H-pyrrole nitrogens is 1. The highest BCUT2D eigenvalue weighted by atomic mass is 32.1. The van der Waals surface area contributed by atoms with Crippen LogP contribution in [-0.4, -0.2) is 52.9 Å². The van der Waals surface area contributed by atoms with E-state index in [9.17, 15) is 0 Å². The van der Waals surface area contributed by atoms with Crippen LogP contribution in [0.5, 0.6) is 0 Å². The summed E-state index contributed by atoms with van der Waals surface area (Å²) in [6.45, 7) is 2.19. The van der Waals surface area contributed by atoms with Crippen LogP contribution in [0.3, 0.4) is 0 Å². The number of anilines is 1. The fourth-order valence-corrected chi connectivity index (χ4v) is 3.98. The molecular formula is C14H25N5S. The Balaban J connectivity index is 1.87. The molecule has 5 nitrogen and oxygen atoms in total. The van der Waals surface area contributed by atoms with Gasteiger partial charge in [-0.15, -0.1) is 5.10 Å². The summed E-state index contributed by atoms with van der Waals surface area (Å²) in [5.74, 6) is 1.08. The van der Waals surface area contributed by atoms with Crippen LogP contribution in [-0.2, 0) is 0 Å². The third kappa shape index (κ3) is 2.63. The van der Waals surface area contributed by atoms with E-state index in [0.717, 1.165) is 23.8 Å². The Morgan fingerprint density at radius 3 is 2.70 bits per heavy atom. The van der Waals surface area contributed by atoms with Gasteiger partial charge in [0.2, 0.25) is 5.95 Å². The number of hydrogen-bond donors (Lipinski definition) is 1. The van der Waals surface area contributed by atoms with Gasteiger partial charge in [0, 0.05) is 25.2 Å². The maximum Gasteiger partial charge on any atom is 0.226 e. The maximum atomic E-state index is 5.48. The fourth-order valence-electron chi connectivity index (χ4n) is 3.70. The van der Waals surface area contributed by atoms with Crippen molar-refractivity contribution < 1.29 is 0 Å². The first-order valence-electron chi connectivity index (χ1n) is 7.75. The average Bonchev–Trinajstić information content (AvgIpc) is 3.07. The van der Waals surface area contributed by atoms with Crippen LogP contribution in [0.4, 0.5) is 5.95 Å². The Bertz CT molecular complexity index is 500. The van der Waals surface area contributed by atoms with Gasteiger partial charge in [-0.3, -0.25) is 4.57 Å². The third-order valence-corrected chi connectivity index (χ3v) is 4.87. The van der Waals surface area contributed by atoms with Crippen LogP contribution in [0, 0.1) is 4.77 Å². The smallest absolute Gasteiger partial charge is 0.226 e. The second-order valence-corrected chi connectivity index (χ2v) is 6.78. The van der Waals surface area contributed by atoms with Crippen LogP contribution in [0.15, 0.2) is 0 Å². The van der Waals surface area contributed by atoms with Crippen molar-refractivity contribution >= 4 is 18.2 Å². The van der Waals surface area contributed by atoms with Gasteiger partial charge < -0.3 is 9.80 Å². The van der Waals surface area contributed by atoms with E-state index in [4.69, 9.17) is 12.2 Å². The molecule has 6 heteroatoms. The molecule has 0 bridgehead atoms. The van der Waals surface area contributed by atoms with Crippen molar-refractivity contribution in [3.63, 3.8) is 0 Å². The molecule has 0 aromatic carbocycles. The maximum absolute atomic E-state index is 5.48. The first-order valence-corrected chi connectivity index (χ1v) is 8.16. The van der Waals surface area contributed by atoms with Gasteiger partial charge in [-0.25, -0.2) is 5.10 Å². The zero-order valence-corrected chi connectivity index (χ0v) is 13.3. The molecule has 1 aliphatic carbocycles. The summed E-state index contributed by atoms with van der Waals surface area (Å²) in [4.78, 5) is 4.73. The second-order valence-electron chi connectivity index (χ2n) is 6.39. The van der Waals surface area contributed by atoms with Crippen molar-refractivity contribution in [3.8, 4) is 0 Å². The molecule has 112 valence electrons. The van der Waals surface area contributed by atoms with E-state index in [1.165, 1.54) is 38.5 Å². The monoisotopic (exact) mass is 295 g/mol. The van der Waals surface area contributed by atoms with Gasteiger partial charge in [-0.05, 0) is 52.0 Å². The van der Waals surface area contributed by atoms with Crippen molar-refractivity contribution in [1.29, 1.82) is 0 Å². The third-order valence-electron chi connectivity index (χ3n) is 4.59. The van der Waals surface area contributed by atoms with Crippen LogP contribution in [0.2, 0.25) is 0 Å². The first-order chi connectivity index (χ1) is 9.66. The lowest BCUT2D eigenvalue weighted by atomic mass is 10.2. The molecule has 1 unspecified atom stereocenters. The van der Waals surface area contributed by atoms with Gasteiger partial charge in [0.1, 0.15) is 0 Å². The first kappa shape index (κ1) is 14.1. The van der Waals surface area contributed by atoms with E-state index in [1.807, 2.05) is 0 Å². The van der Waals surface area contributed by atoms with Crippen molar-refractivity contribution in [2.45, 2.75) is 50.6 Å². The molecule has 1 N–H and O–H groups in total. The lowest BCUT2D eigenvalue weighted by Crippen LogP contribution is -2.39. The van der Waals surface area contributed by atoms with E-state index in [-0.39, 0.29) is 0 Å². The fraction of sp³-hybridized carbons (Fsp3) is 0.857. The van der Waals surface area contributed by atoms with Gasteiger partial charge in [0.25, 0.3) is 0 Å². The predicted octanol–water partition coefficient (Wildman–Crippen LogP) is 2.59. The van der Waals surface area contributed by atoms with Crippen molar-refractivity contribution in [2.24, 2.45) is 0 Å². The van der Waals surface area contributed by atoms with Crippen LogP contribution in [0.25, 0.3) is 0 Å². The number of nitrogens with one attached hydrogen (secondary N) is 1. The molecule has 2 aliphatic rings. The highest BCUT2D eigenvalue weighted by Gasteiger charge is 2.31. The van der Waals surface area contributed by atoms with E-state index in [2.05, 4.69) is 38.7 Å². The molecule has 0 spiro atoms. The second kappa shape index (κ2) is 5.85. The molecule has 1 saturated carbocycles. The number of aromatic amines is 1. The van der Waals surface area contributed by atoms with Crippen LogP contribution in [0.1, 0.15) is 44.6 Å². The number of hydrogen-bond acceptors (Lipinski definition) is 4. The molecule has 1 aromatic rings. The quantitative estimate of drug-likeness (QED) is 0.867. The van der Waals surface area contributed by atoms with Crippen molar-refractivity contribution in [1.82, 2.24) is 19.7 Å². The molecule has 0 radical (unpaired) electrons. The molecule has 20 heavy (non-hydrogen) atoms. The summed E-state index contributed by atoms with van der Waals surface area (Å²) in [7, 11) is 4.29. The van der Waals surface area contributed by atoms with Crippen LogP contribution >= 0.6 is 12.2 Å². The molecule has 1 aromatic heterocycles. The van der Waals surface area contributed by atoms with Gasteiger partial charge in [-0.1, -0.05) is 12.8 Å². The van der Waals surface area contributed by atoms with E-state index in [0.29, 0.717) is 12.1 Å². The van der Waals surface area contributed by atoms with Gasteiger partial charge >= 0.3 is 0 Å². The number of nitrogens with zero attached hydrogens (tertiary/aromatic N) is 4. The minimum atomic E-state index is 0.553. The molecule has 2 heterocycles. The lowest BCUT2D eigenvalue weighted by Gasteiger charge is -2.29. The van der Waals surface area contributed by atoms with E-state index in [1.54, 1.807) is 0 Å². The summed E-state index contributed by atoms with van der Waals surface area (Å²) < 4.78 is 3.08. The van der Waals surface area contributed by atoms with Gasteiger partial charge in [0.15, 0.2) is 4.77 Å². The van der Waals surface area contributed by atoms with Crippen molar-refractivity contribution in [2.75, 3.05) is 32.1 Å². The highest BCUT2D eigenvalue weighted by molar-refractivity contribution is 7.71. The summed E-state index contributed by atoms with van der Waals surface area (Å²) >= 11 is 5.48. The minimum Gasteiger partial charge on any atom is -0.337 e.